The quantitative estimate of drug-likeness (QED) is 0.674. The predicted molar refractivity (Wildman–Crippen MR) is 56.5 cm³/mol. The van der Waals surface area contributed by atoms with Gasteiger partial charge < -0.3 is 4.74 Å². The van der Waals surface area contributed by atoms with Crippen LogP contribution in [0.2, 0.25) is 0 Å². The first kappa shape index (κ1) is 11.7. The predicted octanol–water partition coefficient (Wildman–Crippen LogP) is 1.63. The summed E-state index contributed by atoms with van der Waals surface area (Å²) in [6, 6.07) is 0. The molecule has 0 radical (unpaired) electrons. The lowest BCUT2D eigenvalue weighted by atomic mass is 10.0. The molecular weight excluding hydrogens is 200 g/mol. The number of rotatable bonds is 4. The second-order valence-electron chi connectivity index (χ2n) is 3.59. The van der Waals surface area contributed by atoms with Crippen LogP contribution in [0.1, 0.15) is 39.0 Å². The molecule has 0 spiro atoms. The van der Waals surface area contributed by atoms with Crippen LogP contribution in [-0.2, 0) is 20.3 Å². The molecule has 0 aliphatic heterocycles. The molecule has 0 amide bonds. The van der Waals surface area contributed by atoms with Crippen LogP contribution in [-0.4, -0.2) is 27.8 Å². The molecule has 14 heavy (non-hydrogen) atoms. The molecule has 0 heterocycles. The van der Waals surface area contributed by atoms with Crippen molar-refractivity contribution in [2.75, 3.05) is 12.4 Å². The fraction of sp³-hybridized carbons (Fsp3) is 0.900. The molecule has 1 aliphatic carbocycles. The Hall–Kier alpha value is -0.380. The standard InChI is InChI=1S/C10H18O3S/c1-2-13-10(11)8-14(12)9-6-4-3-5-7-9/h9H,2-8H2,1H3. The fourth-order valence-electron chi connectivity index (χ4n) is 1.76. The SMILES string of the molecule is CCOC(=O)CS(=O)C1CCCCC1. The molecule has 1 fully saturated rings. The number of hydrogen-bond donors (Lipinski definition) is 0. The molecule has 1 unspecified atom stereocenters. The van der Waals surface area contributed by atoms with Crippen molar-refractivity contribution in [2.45, 2.75) is 44.3 Å². The van der Waals surface area contributed by atoms with Crippen LogP contribution in [0.5, 0.6) is 0 Å². The highest BCUT2D eigenvalue weighted by Gasteiger charge is 2.21. The third-order valence-corrected chi connectivity index (χ3v) is 4.22. The van der Waals surface area contributed by atoms with E-state index in [4.69, 9.17) is 4.74 Å². The Morgan fingerprint density at radius 2 is 2.00 bits per heavy atom. The lowest BCUT2D eigenvalue weighted by molar-refractivity contribution is -0.139. The number of hydrogen-bond acceptors (Lipinski definition) is 3. The molecule has 0 N–H and O–H groups in total. The van der Waals surface area contributed by atoms with E-state index in [1.807, 2.05) is 0 Å². The van der Waals surface area contributed by atoms with Gasteiger partial charge in [0.15, 0.2) is 0 Å². The molecule has 4 heteroatoms. The third-order valence-electron chi connectivity index (χ3n) is 2.49. The number of carbonyl (C=O) groups excluding carboxylic acids is 1. The lowest BCUT2D eigenvalue weighted by Crippen LogP contribution is -2.25. The summed E-state index contributed by atoms with van der Waals surface area (Å²) in [5.74, 6) is -0.241. The van der Waals surface area contributed by atoms with Crippen molar-refractivity contribution < 1.29 is 13.7 Å². The van der Waals surface area contributed by atoms with E-state index in [0.717, 1.165) is 25.7 Å². The van der Waals surface area contributed by atoms with Crippen molar-refractivity contribution in [3.05, 3.63) is 0 Å². The van der Waals surface area contributed by atoms with Gasteiger partial charge in [-0.3, -0.25) is 9.00 Å². The first-order chi connectivity index (χ1) is 6.74. The first-order valence-corrected chi connectivity index (χ1v) is 6.65. The van der Waals surface area contributed by atoms with Crippen molar-refractivity contribution in [2.24, 2.45) is 0 Å². The van der Waals surface area contributed by atoms with Crippen LogP contribution in [0.3, 0.4) is 0 Å². The number of ether oxygens (including phenoxy) is 1. The molecule has 82 valence electrons. The Morgan fingerprint density at radius 1 is 1.36 bits per heavy atom. The van der Waals surface area contributed by atoms with Gasteiger partial charge in [0, 0.05) is 16.0 Å². The fourth-order valence-corrected chi connectivity index (χ4v) is 3.18. The monoisotopic (exact) mass is 218 g/mol. The van der Waals surface area contributed by atoms with Gasteiger partial charge in [0.25, 0.3) is 0 Å². The van der Waals surface area contributed by atoms with Gasteiger partial charge >= 0.3 is 5.97 Å². The molecular formula is C10H18O3S. The van der Waals surface area contributed by atoms with E-state index in [2.05, 4.69) is 0 Å². The maximum atomic E-state index is 11.7. The molecule has 0 saturated heterocycles. The Bertz CT molecular complexity index is 209. The molecule has 0 aromatic rings. The Morgan fingerprint density at radius 3 is 2.57 bits per heavy atom. The summed E-state index contributed by atoms with van der Waals surface area (Å²) in [6.45, 7) is 2.14. The molecule has 1 atom stereocenters. The van der Waals surface area contributed by atoms with Crippen molar-refractivity contribution in [1.82, 2.24) is 0 Å². The zero-order valence-electron chi connectivity index (χ0n) is 8.66. The highest BCUT2D eigenvalue weighted by atomic mass is 32.2. The van der Waals surface area contributed by atoms with Crippen molar-refractivity contribution in [1.29, 1.82) is 0 Å². The summed E-state index contributed by atoms with van der Waals surface area (Å²) < 4.78 is 16.5. The van der Waals surface area contributed by atoms with Crippen LogP contribution >= 0.6 is 0 Å². The highest BCUT2D eigenvalue weighted by molar-refractivity contribution is 7.86. The summed E-state index contributed by atoms with van der Waals surface area (Å²) in [7, 11) is -1.01. The molecule has 3 nitrogen and oxygen atoms in total. The van der Waals surface area contributed by atoms with Crippen LogP contribution < -0.4 is 0 Å². The van der Waals surface area contributed by atoms with E-state index in [1.165, 1.54) is 6.42 Å². The minimum atomic E-state index is -1.01. The summed E-state index contributed by atoms with van der Waals surface area (Å²) in [4.78, 5) is 11.1. The van der Waals surface area contributed by atoms with Gasteiger partial charge in [-0.2, -0.15) is 0 Å². The molecule has 1 rings (SSSR count). The van der Waals surface area contributed by atoms with Gasteiger partial charge in [0.1, 0.15) is 5.75 Å². The second kappa shape index (κ2) is 6.17. The van der Waals surface area contributed by atoms with E-state index in [0.29, 0.717) is 6.61 Å². The number of carbonyl (C=O) groups is 1. The third kappa shape index (κ3) is 3.78. The van der Waals surface area contributed by atoms with Crippen molar-refractivity contribution >= 4 is 16.8 Å². The summed E-state index contributed by atoms with van der Waals surface area (Å²) >= 11 is 0. The average molecular weight is 218 g/mol. The van der Waals surface area contributed by atoms with Gasteiger partial charge in [-0.1, -0.05) is 19.3 Å². The van der Waals surface area contributed by atoms with Gasteiger partial charge in [0.2, 0.25) is 0 Å². The van der Waals surface area contributed by atoms with Crippen LogP contribution in [0.4, 0.5) is 0 Å². The van der Waals surface area contributed by atoms with E-state index >= 15 is 0 Å². The second-order valence-corrected chi connectivity index (χ2v) is 5.31. The Balaban J connectivity index is 2.29. The largest absolute Gasteiger partial charge is 0.465 e. The van der Waals surface area contributed by atoms with Gasteiger partial charge in [0.05, 0.1) is 6.61 Å². The zero-order chi connectivity index (χ0) is 10.4. The van der Waals surface area contributed by atoms with Gasteiger partial charge in [-0.15, -0.1) is 0 Å². The highest BCUT2D eigenvalue weighted by Crippen LogP contribution is 2.22. The summed E-state index contributed by atoms with van der Waals surface area (Å²) in [5.41, 5.74) is 0. The maximum Gasteiger partial charge on any atom is 0.318 e. The molecule has 0 aromatic carbocycles. The summed E-state index contributed by atoms with van der Waals surface area (Å²) in [6.07, 6.45) is 5.56. The zero-order valence-corrected chi connectivity index (χ0v) is 9.48. The smallest absolute Gasteiger partial charge is 0.318 e. The normalized spacial score (nSPS) is 20.4. The Kier molecular flexibility index (Phi) is 5.15. The van der Waals surface area contributed by atoms with Crippen molar-refractivity contribution in [3.8, 4) is 0 Å². The van der Waals surface area contributed by atoms with E-state index in [9.17, 15) is 9.00 Å². The Labute approximate surface area is 87.7 Å². The number of esters is 1. The van der Waals surface area contributed by atoms with Crippen LogP contribution in [0.15, 0.2) is 0 Å². The van der Waals surface area contributed by atoms with Crippen LogP contribution in [0.25, 0.3) is 0 Å². The lowest BCUT2D eigenvalue weighted by Gasteiger charge is -2.20. The maximum absolute atomic E-state index is 11.7. The molecule has 0 bridgehead atoms. The summed E-state index contributed by atoms with van der Waals surface area (Å²) in [5, 5.41) is 0.230. The van der Waals surface area contributed by atoms with E-state index < -0.39 is 10.8 Å². The van der Waals surface area contributed by atoms with Gasteiger partial charge in [-0.25, -0.2) is 0 Å². The topological polar surface area (TPSA) is 43.4 Å². The molecule has 1 aliphatic rings. The molecule has 1 saturated carbocycles. The van der Waals surface area contributed by atoms with Crippen LogP contribution in [0, 0.1) is 0 Å². The molecule has 0 aromatic heterocycles. The van der Waals surface area contributed by atoms with Gasteiger partial charge in [-0.05, 0) is 19.8 Å². The van der Waals surface area contributed by atoms with E-state index in [1.54, 1.807) is 6.92 Å². The van der Waals surface area contributed by atoms with E-state index in [-0.39, 0.29) is 17.0 Å². The average Bonchev–Trinajstić information content (AvgIpc) is 2.19. The first-order valence-electron chi connectivity index (χ1n) is 5.27. The minimum Gasteiger partial charge on any atom is -0.465 e. The van der Waals surface area contributed by atoms with Crippen molar-refractivity contribution in [3.63, 3.8) is 0 Å². The minimum absolute atomic E-state index is 0.0819.